The minimum absolute atomic E-state index is 0.142. The van der Waals surface area contributed by atoms with E-state index in [1.54, 1.807) is 6.33 Å². The summed E-state index contributed by atoms with van der Waals surface area (Å²) >= 11 is 0. The lowest BCUT2D eigenvalue weighted by atomic mass is 9.93. The van der Waals surface area contributed by atoms with Crippen LogP contribution < -0.4 is 15.5 Å². The van der Waals surface area contributed by atoms with Gasteiger partial charge in [0.15, 0.2) is 0 Å². The van der Waals surface area contributed by atoms with Crippen molar-refractivity contribution in [3.63, 3.8) is 0 Å². The molecule has 1 aromatic carbocycles. The molecule has 1 amide bonds. The predicted octanol–water partition coefficient (Wildman–Crippen LogP) is 3.67. The van der Waals surface area contributed by atoms with Gasteiger partial charge >= 0.3 is 0 Å². The van der Waals surface area contributed by atoms with Gasteiger partial charge in [-0.2, -0.15) is 0 Å². The number of rotatable bonds is 8. The molecule has 1 saturated carbocycles. The minimum Gasteiger partial charge on any atom is -0.367 e. The minimum atomic E-state index is 0.142. The molecule has 0 spiro atoms. The third-order valence-corrected chi connectivity index (χ3v) is 5.94. The van der Waals surface area contributed by atoms with Crippen LogP contribution in [0.15, 0.2) is 36.7 Å². The van der Waals surface area contributed by atoms with Crippen LogP contribution in [0, 0.1) is 12.8 Å². The van der Waals surface area contributed by atoms with E-state index in [0.717, 1.165) is 37.6 Å². The molecule has 0 bridgehead atoms. The number of nitrogens with one attached hydrogen (secondary N) is 2. The van der Waals surface area contributed by atoms with Gasteiger partial charge in [0.2, 0.25) is 5.91 Å². The summed E-state index contributed by atoms with van der Waals surface area (Å²) in [7, 11) is 0. The molecule has 2 aromatic rings. The SMILES string of the molecule is Cc1ccccc1CNC(=O)CCC1CCCN(c2cc(NC3CC3)ncn2)C1. The van der Waals surface area contributed by atoms with Gasteiger partial charge in [0.1, 0.15) is 18.0 Å². The highest BCUT2D eigenvalue weighted by atomic mass is 16.1. The van der Waals surface area contributed by atoms with E-state index >= 15 is 0 Å². The van der Waals surface area contributed by atoms with Crippen molar-refractivity contribution in [3.05, 3.63) is 47.8 Å². The number of benzene rings is 1. The van der Waals surface area contributed by atoms with E-state index < -0.39 is 0 Å². The topological polar surface area (TPSA) is 70.2 Å². The smallest absolute Gasteiger partial charge is 0.220 e. The van der Waals surface area contributed by atoms with E-state index in [0.29, 0.717) is 24.9 Å². The highest BCUT2D eigenvalue weighted by Gasteiger charge is 2.24. The van der Waals surface area contributed by atoms with Gasteiger partial charge in [-0.3, -0.25) is 4.79 Å². The van der Waals surface area contributed by atoms with Crippen molar-refractivity contribution in [3.8, 4) is 0 Å². The Hall–Kier alpha value is -2.63. The van der Waals surface area contributed by atoms with Gasteiger partial charge < -0.3 is 15.5 Å². The third-order valence-electron chi connectivity index (χ3n) is 5.94. The number of hydrogen-bond donors (Lipinski definition) is 2. The molecule has 154 valence electrons. The summed E-state index contributed by atoms with van der Waals surface area (Å²) in [5.41, 5.74) is 2.40. The van der Waals surface area contributed by atoms with Crippen LogP contribution in [0.4, 0.5) is 11.6 Å². The number of carbonyl (C=O) groups excluding carboxylic acids is 1. The van der Waals surface area contributed by atoms with Crippen LogP contribution in [0.25, 0.3) is 0 Å². The maximum Gasteiger partial charge on any atom is 0.220 e. The molecule has 6 nitrogen and oxygen atoms in total. The van der Waals surface area contributed by atoms with Crippen molar-refractivity contribution < 1.29 is 4.79 Å². The molecule has 1 unspecified atom stereocenters. The maximum absolute atomic E-state index is 12.3. The second-order valence-corrected chi connectivity index (χ2v) is 8.38. The van der Waals surface area contributed by atoms with Crippen molar-refractivity contribution in [2.24, 2.45) is 5.92 Å². The number of anilines is 2. The van der Waals surface area contributed by atoms with Crippen molar-refractivity contribution in [2.75, 3.05) is 23.3 Å². The maximum atomic E-state index is 12.3. The molecule has 1 aliphatic carbocycles. The largest absolute Gasteiger partial charge is 0.367 e. The molecule has 4 rings (SSSR count). The first-order chi connectivity index (χ1) is 14.2. The van der Waals surface area contributed by atoms with Gasteiger partial charge in [-0.1, -0.05) is 24.3 Å². The molecule has 1 saturated heterocycles. The van der Waals surface area contributed by atoms with E-state index in [1.165, 1.54) is 30.4 Å². The molecule has 29 heavy (non-hydrogen) atoms. The van der Waals surface area contributed by atoms with Gasteiger partial charge in [-0.15, -0.1) is 0 Å². The number of piperidine rings is 1. The molecule has 2 N–H and O–H groups in total. The van der Waals surface area contributed by atoms with E-state index in [2.05, 4.69) is 50.6 Å². The lowest BCUT2D eigenvalue weighted by Crippen LogP contribution is -2.36. The molecule has 2 heterocycles. The van der Waals surface area contributed by atoms with Crippen molar-refractivity contribution in [2.45, 2.75) is 58.0 Å². The first-order valence-corrected chi connectivity index (χ1v) is 10.8. The summed E-state index contributed by atoms with van der Waals surface area (Å²) in [5, 5.41) is 6.52. The fourth-order valence-electron chi connectivity index (χ4n) is 3.97. The van der Waals surface area contributed by atoms with Crippen molar-refractivity contribution in [1.29, 1.82) is 0 Å². The van der Waals surface area contributed by atoms with E-state index in [9.17, 15) is 4.79 Å². The Labute approximate surface area is 173 Å². The Morgan fingerprint density at radius 1 is 1.21 bits per heavy atom. The molecular formula is C23H31N5O. The predicted molar refractivity (Wildman–Crippen MR) is 116 cm³/mol. The second kappa shape index (κ2) is 9.25. The Balaban J connectivity index is 1.24. The van der Waals surface area contributed by atoms with Gasteiger partial charge in [0.25, 0.3) is 0 Å². The van der Waals surface area contributed by atoms with Gasteiger partial charge in [-0.05, 0) is 56.1 Å². The Bertz CT molecular complexity index is 836. The average Bonchev–Trinajstić information content (AvgIpc) is 3.56. The van der Waals surface area contributed by atoms with Crippen LogP contribution in [0.1, 0.15) is 49.7 Å². The summed E-state index contributed by atoms with van der Waals surface area (Å²) in [5.74, 6) is 2.60. The third kappa shape index (κ3) is 5.68. The van der Waals surface area contributed by atoms with Crippen LogP contribution in [0.5, 0.6) is 0 Å². The second-order valence-electron chi connectivity index (χ2n) is 8.38. The Morgan fingerprint density at radius 3 is 2.90 bits per heavy atom. The van der Waals surface area contributed by atoms with Crippen LogP contribution in [-0.2, 0) is 11.3 Å². The summed E-state index contributed by atoms with van der Waals surface area (Å²) in [6.45, 7) is 4.68. The summed E-state index contributed by atoms with van der Waals surface area (Å²) in [6.07, 6.45) is 7.96. The lowest BCUT2D eigenvalue weighted by Gasteiger charge is -2.33. The first kappa shape index (κ1) is 19.7. The monoisotopic (exact) mass is 393 g/mol. The van der Waals surface area contributed by atoms with Crippen molar-refractivity contribution in [1.82, 2.24) is 15.3 Å². The Morgan fingerprint density at radius 2 is 2.07 bits per heavy atom. The van der Waals surface area contributed by atoms with Gasteiger partial charge in [-0.25, -0.2) is 9.97 Å². The zero-order valence-electron chi connectivity index (χ0n) is 17.2. The zero-order chi connectivity index (χ0) is 20.1. The van der Waals surface area contributed by atoms with E-state index in [1.807, 2.05) is 12.1 Å². The number of nitrogens with zero attached hydrogens (tertiary/aromatic N) is 3. The highest BCUT2D eigenvalue weighted by molar-refractivity contribution is 5.75. The van der Waals surface area contributed by atoms with Crippen LogP contribution in [0.3, 0.4) is 0 Å². The summed E-state index contributed by atoms with van der Waals surface area (Å²) in [4.78, 5) is 23.5. The van der Waals surface area contributed by atoms with E-state index in [4.69, 9.17) is 0 Å². The number of aryl methyl sites for hydroxylation is 1. The fraction of sp³-hybridized carbons (Fsp3) is 0.522. The molecule has 0 radical (unpaired) electrons. The first-order valence-electron chi connectivity index (χ1n) is 10.8. The highest BCUT2D eigenvalue weighted by Crippen LogP contribution is 2.27. The summed E-state index contributed by atoms with van der Waals surface area (Å²) in [6, 6.07) is 10.8. The fourth-order valence-corrected chi connectivity index (χ4v) is 3.97. The van der Waals surface area contributed by atoms with E-state index in [-0.39, 0.29) is 5.91 Å². The van der Waals surface area contributed by atoms with Crippen LogP contribution in [-0.4, -0.2) is 35.0 Å². The zero-order valence-corrected chi connectivity index (χ0v) is 17.2. The molecule has 1 aliphatic heterocycles. The van der Waals surface area contributed by atoms with Crippen molar-refractivity contribution >= 4 is 17.5 Å². The molecule has 2 fully saturated rings. The number of hydrogen-bond acceptors (Lipinski definition) is 5. The standard InChI is InChI=1S/C23H31N5O/c1-17-5-2-3-7-19(17)14-24-23(29)11-8-18-6-4-12-28(15-18)22-13-21(25-16-26-22)27-20-9-10-20/h2-3,5,7,13,16,18,20H,4,6,8-12,14-15H2,1H3,(H,24,29)(H,25,26,27). The number of amides is 1. The molecule has 1 aromatic heterocycles. The van der Waals surface area contributed by atoms with Gasteiger partial charge in [0.05, 0.1) is 0 Å². The number of carbonyl (C=O) groups is 1. The average molecular weight is 394 g/mol. The normalized spacial score (nSPS) is 19.1. The molecule has 6 heteroatoms. The number of aromatic nitrogens is 2. The molecule has 2 aliphatic rings. The Kier molecular flexibility index (Phi) is 6.27. The van der Waals surface area contributed by atoms with Gasteiger partial charge in [0, 0.05) is 38.2 Å². The van der Waals surface area contributed by atoms with Crippen LogP contribution >= 0.6 is 0 Å². The molecular weight excluding hydrogens is 362 g/mol. The summed E-state index contributed by atoms with van der Waals surface area (Å²) < 4.78 is 0. The lowest BCUT2D eigenvalue weighted by molar-refractivity contribution is -0.121. The molecule has 1 atom stereocenters. The van der Waals surface area contributed by atoms with Crippen LogP contribution in [0.2, 0.25) is 0 Å². The quantitative estimate of drug-likeness (QED) is 0.716.